The Kier molecular flexibility index (Phi) is 14.8. The first-order chi connectivity index (χ1) is 11.6. The molecule has 0 fully saturated rings. The molecule has 0 aromatic carbocycles. The maximum atomic E-state index is 12.6. The summed E-state index contributed by atoms with van der Waals surface area (Å²) in [6, 6.07) is 0. The Morgan fingerprint density at radius 2 is 1.33 bits per heavy atom. The van der Waals surface area contributed by atoms with Crippen LogP contribution >= 0.6 is 0 Å². The standard InChI is InChI=1S/C18H39NO4Si/c1-5-6-7-8-9-10-11-12-13-14-17(20)18(15-16-19)24(21-2,22-3)23-4/h18H,5-16,19H2,1-4H3. The molecule has 0 radical (unpaired) electrons. The Bertz CT molecular complexity index is 303. The number of nitrogens with two attached hydrogens (primary N) is 1. The van der Waals surface area contributed by atoms with Crippen LogP contribution in [0, 0.1) is 0 Å². The molecular weight excluding hydrogens is 322 g/mol. The highest BCUT2D eigenvalue weighted by atomic mass is 28.4. The lowest BCUT2D eigenvalue weighted by atomic mass is 10.0. The van der Waals surface area contributed by atoms with Crippen LogP contribution in [-0.2, 0) is 18.1 Å². The van der Waals surface area contributed by atoms with Crippen LogP contribution in [0.25, 0.3) is 0 Å². The van der Waals surface area contributed by atoms with Crippen molar-refractivity contribution in [2.75, 3.05) is 27.9 Å². The highest BCUT2D eigenvalue weighted by molar-refractivity contribution is 6.66. The number of rotatable bonds is 17. The topological polar surface area (TPSA) is 70.8 Å². The lowest BCUT2D eigenvalue weighted by Crippen LogP contribution is -2.51. The molecule has 0 aliphatic carbocycles. The lowest BCUT2D eigenvalue weighted by Gasteiger charge is -2.31. The fourth-order valence-electron chi connectivity index (χ4n) is 3.16. The van der Waals surface area contributed by atoms with E-state index in [-0.39, 0.29) is 11.3 Å². The molecule has 24 heavy (non-hydrogen) atoms. The number of unbranched alkanes of at least 4 members (excludes halogenated alkanes) is 8. The fourth-order valence-corrected chi connectivity index (χ4v) is 5.57. The normalized spacial score (nSPS) is 13.2. The van der Waals surface area contributed by atoms with Gasteiger partial charge in [0.25, 0.3) is 0 Å². The number of hydrogen-bond acceptors (Lipinski definition) is 5. The van der Waals surface area contributed by atoms with Crippen LogP contribution in [0.4, 0.5) is 0 Å². The average Bonchev–Trinajstić information content (AvgIpc) is 2.61. The molecule has 0 saturated carbocycles. The van der Waals surface area contributed by atoms with Crippen molar-refractivity contribution in [1.29, 1.82) is 0 Å². The molecule has 2 N–H and O–H groups in total. The van der Waals surface area contributed by atoms with E-state index in [1.165, 1.54) is 44.9 Å². The molecule has 0 aliphatic rings. The lowest BCUT2D eigenvalue weighted by molar-refractivity contribution is -0.120. The first-order valence-corrected chi connectivity index (χ1v) is 11.3. The summed E-state index contributed by atoms with van der Waals surface area (Å²) in [4.78, 5) is 12.6. The van der Waals surface area contributed by atoms with E-state index in [0.717, 1.165) is 12.8 Å². The van der Waals surface area contributed by atoms with E-state index in [9.17, 15) is 4.79 Å². The van der Waals surface area contributed by atoms with Gasteiger partial charge in [-0.15, -0.1) is 0 Å². The zero-order valence-corrected chi connectivity index (χ0v) is 17.3. The van der Waals surface area contributed by atoms with Gasteiger partial charge in [0.05, 0.1) is 5.54 Å². The number of hydrogen-bond donors (Lipinski definition) is 1. The van der Waals surface area contributed by atoms with Gasteiger partial charge < -0.3 is 19.0 Å². The second-order valence-corrected chi connectivity index (χ2v) is 9.52. The van der Waals surface area contributed by atoms with E-state index >= 15 is 0 Å². The molecule has 0 rings (SSSR count). The Hall–Kier alpha value is -0.273. The number of carbonyl (C=O) groups excluding carboxylic acids is 1. The molecule has 1 atom stereocenters. The van der Waals surface area contributed by atoms with Gasteiger partial charge in [0, 0.05) is 27.8 Å². The summed E-state index contributed by atoms with van der Waals surface area (Å²) in [6.07, 6.45) is 12.3. The molecule has 0 heterocycles. The molecule has 0 bridgehead atoms. The summed E-state index contributed by atoms with van der Waals surface area (Å²) in [7, 11) is 1.70. The minimum absolute atomic E-state index is 0.167. The highest BCUT2D eigenvalue weighted by Gasteiger charge is 2.50. The predicted molar refractivity (Wildman–Crippen MR) is 101 cm³/mol. The summed E-state index contributed by atoms with van der Waals surface area (Å²) in [5.74, 6) is 0.167. The van der Waals surface area contributed by atoms with Gasteiger partial charge in [-0.25, -0.2) is 0 Å². The molecule has 5 nitrogen and oxygen atoms in total. The van der Waals surface area contributed by atoms with Gasteiger partial charge in [-0.3, -0.25) is 4.79 Å². The van der Waals surface area contributed by atoms with Gasteiger partial charge in [0.15, 0.2) is 0 Å². The Morgan fingerprint density at radius 1 is 0.875 bits per heavy atom. The third-order valence-electron chi connectivity index (χ3n) is 4.65. The largest absolute Gasteiger partial charge is 0.511 e. The Labute approximate surface area is 150 Å². The fraction of sp³-hybridized carbons (Fsp3) is 0.944. The van der Waals surface area contributed by atoms with Crippen LogP contribution in [0.5, 0.6) is 0 Å². The minimum Gasteiger partial charge on any atom is -0.376 e. The third-order valence-corrected chi connectivity index (χ3v) is 7.82. The molecule has 0 aromatic rings. The van der Waals surface area contributed by atoms with E-state index in [0.29, 0.717) is 19.4 Å². The van der Waals surface area contributed by atoms with Crippen molar-refractivity contribution < 1.29 is 18.1 Å². The van der Waals surface area contributed by atoms with Crippen molar-refractivity contribution in [3.05, 3.63) is 0 Å². The van der Waals surface area contributed by atoms with Gasteiger partial charge in [0.2, 0.25) is 0 Å². The van der Waals surface area contributed by atoms with E-state index in [4.69, 9.17) is 19.0 Å². The zero-order valence-electron chi connectivity index (χ0n) is 16.3. The summed E-state index contributed by atoms with van der Waals surface area (Å²) in [5.41, 5.74) is 5.33. The van der Waals surface area contributed by atoms with E-state index in [1.807, 2.05) is 0 Å². The van der Waals surface area contributed by atoms with Crippen molar-refractivity contribution >= 4 is 14.6 Å². The molecule has 0 amide bonds. The van der Waals surface area contributed by atoms with Crippen molar-refractivity contribution in [3.8, 4) is 0 Å². The van der Waals surface area contributed by atoms with Gasteiger partial charge in [-0.1, -0.05) is 58.3 Å². The SMILES string of the molecule is CCCCCCCCCCCC(=O)C(CCN)[Si](OC)(OC)OC. The second-order valence-electron chi connectivity index (χ2n) is 6.39. The van der Waals surface area contributed by atoms with E-state index in [2.05, 4.69) is 6.92 Å². The first-order valence-electron chi connectivity index (χ1n) is 9.50. The van der Waals surface area contributed by atoms with Gasteiger partial charge in [-0.05, 0) is 19.4 Å². The predicted octanol–water partition coefficient (Wildman–Crippen LogP) is 4.07. The summed E-state index contributed by atoms with van der Waals surface area (Å²) in [6.45, 7) is 2.67. The van der Waals surface area contributed by atoms with Crippen molar-refractivity contribution in [3.63, 3.8) is 0 Å². The minimum atomic E-state index is -2.95. The van der Waals surface area contributed by atoms with Crippen LogP contribution in [0.2, 0.25) is 5.54 Å². The maximum Gasteiger partial charge on any atom is 0.511 e. The van der Waals surface area contributed by atoms with Crippen LogP contribution in [-0.4, -0.2) is 42.5 Å². The monoisotopic (exact) mass is 361 g/mol. The Balaban J connectivity index is 4.12. The molecule has 6 heteroatoms. The van der Waals surface area contributed by atoms with Crippen molar-refractivity contribution in [2.45, 2.75) is 83.1 Å². The number of ketones is 1. The van der Waals surface area contributed by atoms with Gasteiger partial charge in [0.1, 0.15) is 5.78 Å². The quantitative estimate of drug-likeness (QED) is 0.312. The van der Waals surface area contributed by atoms with Crippen LogP contribution in [0.3, 0.4) is 0 Å². The Morgan fingerprint density at radius 3 is 1.75 bits per heavy atom. The van der Waals surface area contributed by atoms with Crippen molar-refractivity contribution in [1.82, 2.24) is 0 Å². The molecule has 0 aliphatic heterocycles. The van der Waals surface area contributed by atoms with E-state index < -0.39 is 8.80 Å². The van der Waals surface area contributed by atoms with Crippen molar-refractivity contribution in [2.24, 2.45) is 5.73 Å². The average molecular weight is 362 g/mol. The molecule has 0 saturated heterocycles. The summed E-state index contributed by atoms with van der Waals surface area (Å²) >= 11 is 0. The number of Topliss-reactive ketones (excluding diaryl/α,β-unsaturated/α-hetero) is 1. The number of carbonyl (C=O) groups is 1. The van der Waals surface area contributed by atoms with Crippen LogP contribution in [0.1, 0.15) is 77.6 Å². The summed E-state index contributed by atoms with van der Waals surface area (Å²) in [5, 5.41) is 0. The van der Waals surface area contributed by atoms with Gasteiger partial charge in [-0.2, -0.15) is 0 Å². The molecule has 1 unspecified atom stereocenters. The maximum absolute atomic E-state index is 12.6. The third kappa shape index (κ3) is 8.71. The van der Waals surface area contributed by atoms with E-state index in [1.54, 1.807) is 21.3 Å². The molecular formula is C18H39NO4Si. The molecule has 144 valence electrons. The van der Waals surface area contributed by atoms with Crippen LogP contribution in [0.15, 0.2) is 0 Å². The first kappa shape index (κ1) is 23.7. The second kappa shape index (κ2) is 15.0. The summed E-state index contributed by atoms with van der Waals surface area (Å²) < 4.78 is 16.4. The van der Waals surface area contributed by atoms with Crippen LogP contribution < -0.4 is 5.73 Å². The zero-order chi connectivity index (χ0) is 18.3. The molecule has 0 spiro atoms. The highest BCUT2D eigenvalue weighted by Crippen LogP contribution is 2.30. The smallest absolute Gasteiger partial charge is 0.376 e. The molecule has 0 aromatic heterocycles. The van der Waals surface area contributed by atoms with Gasteiger partial charge >= 0.3 is 8.80 Å².